The molecule has 0 amide bonds. The minimum absolute atomic E-state index is 0.0763. The van der Waals surface area contributed by atoms with Gasteiger partial charge in [-0.2, -0.15) is 0 Å². The molecule has 0 saturated carbocycles. The second-order valence-corrected chi connectivity index (χ2v) is 8.41. The average molecular weight is 317 g/mol. The van der Waals surface area contributed by atoms with Crippen molar-refractivity contribution in [3.8, 4) is 0 Å². The first-order valence-electron chi connectivity index (χ1n) is 6.88. The van der Waals surface area contributed by atoms with E-state index in [1.165, 1.54) is 6.26 Å². The molecular formula is C14H24FN3O2S. The molecule has 1 aromatic heterocycles. The molecule has 120 valence electrons. The third-order valence-electron chi connectivity index (χ3n) is 2.76. The maximum Gasteiger partial charge on any atom is 0.169 e. The highest BCUT2D eigenvalue weighted by atomic mass is 32.2. The van der Waals surface area contributed by atoms with Crippen molar-refractivity contribution in [2.45, 2.75) is 39.3 Å². The van der Waals surface area contributed by atoms with E-state index in [2.05, 4.69) is 15.6 Å². The lowest BCUT2D eigenvalue weighted by Gasteiger charge is -2.21. The van der Waals surface area contributed by atoms with Crippen LogP contribution in [0.2, 0.25) is 0 Å². The SMILES string of the molecule is CC(C)(C)NCc1ccnc(NCCCS(C)(=O)=O)c1F. The van der Waals surface area contributed by atoms with Gasteiger partial charge in [-0.15, -0.1) is 0 Å². The fourth-order valence-electron chi connectivity index (χ4n) is 1.65. The van der Waals surface area contributed by atoms with Gasteiger partial charge in [-0.25, -0.2) is 17.8 Å². The van der Waals surface area contributed by atoms with Gasteiger partial charge in [0, 0.05) is 36.6 Å². The average Bonchev–Trinajstić information content (AvgIpc) is 2.32. The maximum absolute atomic E-state index is 14.2. The Balaban J connectivity index is 2.60. The van der Waals surface area contributed by atoms with E-state index >= 15 is 0 Å². The van der Waals surface area contributed by atoms with Crippen molar-refractivity contribution in [2.75, 3.05) is 23.9 Å². The molecule has 5 nitrogen and oxygen atoms in total. The molecule has 0 radical (unpaired) electrons. The number of halogens is 1. The summed E-state index contributed by atoms with van der Waals surface area (Å²) in [6, 6.07) is 1.63. The highest BCUT2D eigenvalue weighted by molar-refractivity contribution is 7.90. The number of hydrogen-bond donors (Lipinski definition) is 2. The molecule has 1 aromatic rings. The van der Waals surface area contributed by atoms with Crippen LogP contribution in [0, 0.1) is 5.82 Å². The van der Waals surface area contributed by atoms with Crippen LogP contribution in [0.15, 0.2) is 12.3 Å². The molecule has 0 unspecified atom stereocenters. The number of nitrogens with one attached hydrogen (secondary N) is 2. The summed E-state index contributed by atoms with van der Waals surface area (Å²) in [6.07, 6.45) is 3.15. The van der Waals surface area contributed by atoms with Crippen LogP contribution in [0.1, 0.15) is 32.8 Å². The lowest BCUT2D eigenvalue weighted by Crippen LogP contribution is -2.35. The summed E-state index contributed by atoms with van der Waals surface area (Å²) in [5, 5.41) is 6.06. The molecule has 0 spiro atoms. The molecule has 0 fully saturated rings. The van der Waals surface area contributed by atoms with E-state index in [9.17, 15) is 12.8 Å². The second kappa shape index (κ2) is 7.17. The Hall–Kier alpha value is -1.21. The third kappa shape index (κ3) is 7.38. The van der Waals surface area contributed by atoms with Gasteiger partial charge < -0.3 is 10.6 Å². The van der Waals surface area contributed by atoms with E-state index in [-0.39, 0.29) is 17.1 Å². The van der Waals surface area contributed by atoms with E-state index in [1.54, 1.807) is 12.3 Å². The molecule has 21 heavy (non-hydrogen) atoms. The van der Waals surface area contributed by atoms with Crippen LogP contribution in [0.25, 0.3) is 0 Å². The molecule has 0 aliphatic rings. The molecule has 0 atom stereocenters. The van der Waals surface area contributed by atoms with Crippen LogP contribution in [0.3, 0.4) is 0 Å². The summed E-state index contributed by atoms with van der Waals surface area (Å²) in [6.45, 7) is 6.81. The van der Waals surface area contributed by atoms with Gasteiger partial charge in [-0.3, -0.25) is 0 Å². The molecule has 0 aliphatic heterocycles. The summed E-state index contributed by atoms with van der Waals surface area (Å²) in [5.74, 6) is -0.155. The van der Waals surface area contributed by atoms with Crippen LogP contribution in [0.4, 0.5) is 10.2 Å². The Bertz CT molecular complexity index is 568. The molecule has 0 saturated heterocycles. The summed E-state index contributed by atoms with van der Waals surface area (Å²) in [5.41, 5.74) is 0.434. The van der Waals surface area contributed by atoms with Gasteiger partial charge in [0.2, 0.25) is 0 Å². The number of anilines is 1. The van der Waals surface area contributed by atoms with Gasteiger partial charge in [0.1, 0.15) is 9.84 Å². The predicted octanol–water partition coefficient (Wildman–Crippen LogP) is 1.96. The Kier molecular flexibility index (Phi) is 6.10. The van der Waals surface area contributed by atoms with E-state index < -0.39 is 15.7 Å². The maximum atomic E-state index is 14.2. The minimum atomic E-state index is -2.99. The van der Waals surface area contributed by atoms with Crippen molar-refractivity contribution in [3.05, 3.63) is 23.6 Å². The van der Waals surface area contributed by atoms with Gasteiger partial charge in [-0.1, -0.05) is 0 Å². The van der Waals surface area contributed by atoms with Crippen molar-refractivity contribution < 1.29 is 12.8 Å². The zero-order valence-corrected chi connectivity index (χ0v) is 13.8. The Labute approximate surface area is 126 Å². The lowest BCUT2D eigenvalue weighted by atomic mass is 10.1. The van der Waals surface area contributed by atoms with Gasteiger partial charge in [0.05, 0.1) is 5.75 Å². The molecule has 1 rings (SSSR count). The normalized spacial score (nSPS) is 12.4. The topological polar surface area (TPSA) is 71.1 Å². The highest BCUT2D eigenvalue weighted by Crippen LogP contribution is 2.16. The van der Waals surface area contributed by atoms with Crippen molar-refractivity contribution in [1.82, 2.24) is 10.3 Å². The molecule has 2 N–H and O–H groups in total. The zero-order valence-electron chi connectivity index (χ0n) is 13.0. The van der Waals surface area contributed by atoms with Gasteiger partial charge in [-0.05, 0) is 33.3 Å². The van der Waals surface area contributed by atoms with Crippen molar-refractivity contribution in [1.29, 1.82) is 0 Å². The summed E-state index contributed by atoms with van der Waals surface area (Å²) < 4.78 is 36.3. The van der Waals surface area contributed by atoms with Crippen LogP contribution in [0.5, 0.6) is 0 Å². The van der Waals surface area contributed by atoms with Crippen molar-refractivity contribution in [3.63, 3.8) is 0 Å². The van der Waals surface area contributed by atoms with Crippen LogP contribution in [-0.2, 0) is 16.4 Å². The Morgan fingerprint density at radius 1 is 1.33 bits per heavy atom. The first-order valence-corrected chi connectivity index (χ1v) is 8.94. The molecule has 0 aliphatic carbocycles. The predicted molar refractivity (Wildman–Crippen MR) is 83.6 cm³/mol. The van der Waals surface area contributed by atoms with Crippen LogP contribution >= 0.6 is 0 Å². The second-order valence-electron chi connectivity index (χ2n) is 6.15. The molecule has 0 aromatic carbocycles. The number of nitrogens with zero attached hydrogens (tertiary/aromatic N) is 1. The number of hydrogen-bond acceptors (Lipinski definition) is 5. The molecular weight excluding hydrogens is 293 g/mol. The van der Waals surface area contributed by atoms with E-state index in [1.807, 2.05) is 20.8 Å². The standard InChI is InChI=1S/C14H24FN3O2S/c1-14(2,3)18-10-11-6-8-17-13(12(11)15)16-7-5-9-21(4,19)20/h6,8,18H,5,7,9-10H2,1-4H3,(H,16,17). The van der Waals surface area contributed by atoms with Crippen LogP contribution < -0.4 is 10.6 Å². The van der Waals surface area contributed by atoms with Crippen LogP contribution in [-0.4, -0.2) is 37.5 Å². The first kappa shape index (κ1) is 17.8. The highest BCUT2D eigenvalue weighted by Gasteiger charge is 2.13. The largest absolute Gasteiger partial charge is 0.368 e. The molecule has 0 bridgehead atoms. The summed E-state index contributed by atoms with van der Waals surface area (Å²) >= 11 is 0. The molecule has 7 heteroatoms. The Morgan fingerprint density at radius 3 is 2.57 bits per heavy atom. The minimum Gasteiger partial charge on any atom is -0.368 e. The van der Waals surface area contributed by atoms with Gasteiger partial charge >= 0.3 is 0 Å². The lowest BCUT2D eigenvalue weighted by molar-refractivity contribution is 0.418. The fourth-order valence-corrected chi connectivity index (χ4v) is 2.31. The van der Waals surface area contributed by atoms with E-state index in [0.29, 0.717) is 25.1 Å². The monoisotopic (exact) mass is 317 g/mol. The first-order chi connectivity index (χ1) is 9.58. The number of pyridine rings is 1. The number of rotatable bonds is 7. The molecule has 1 heterocycles. The van der Waals surface area contributed by atoms with E-state index in [4.69, 9.17) is 0 Å². The van der Waals surface area contributed by atoms with Gasteiger partial charge in [0.25, 0.3) is 0 Å². The number of sulfone groups is 1. The quantitative estimate of drug-likeness (QED) is 0.752. The third-order valence-corrected chi connectivity index (χ3v) is 3.79. The Morgan fingerprint density at radius 2 is 2.00 bits per heavy atom. The summed E-state index contributed by atoms with van der Waals surface area (Å²) in [4.78, 5) is 3.95. The van der Waals surface area contributed by atoms with Gasteiger partial charge in [0.15, 0.2) is 11.6 Å². The van der Waals surface area contributed by atoms with E-state index in [0.717, 1.165) is 0 Å². The smallest absolute Gasteiger partial charge is 0.169 e. The summed E-state index contributed by atoms with van der Waals surface area (Å²) in [7, 11) is -2.99. The number of aromatic nitrogens is 1. The zero-order chi connectivity index (χ0) is 16.1. The fraction of sp³-hybridized carbons (Fsp3) is 0.643. The van der Waals surface area contributed by atoms with Crippen molar-refractivity contribution >= 4 is 15.7 Å². The van der Waals surface area contributed by atoms with Crippen molar-refractivity contribution in [2.24, 2.45) is 0 Å².